The second-order valence-electron chi connectivity index (χ2n) is 7.05. The van der Waals surface area contributed by atoms with Gasteiger partial charge in [-0.2, -0.15) is 4.99 Å². The second-order valence-corrected chi connectivity index (χ2v) is 7.23. The Balaban J connectivity index is 0.00000341. The Morgan fingerprint density at radius 3 is 2.10 bits per heavy atom. The van der Waals surface area contributed by atoms with Gasteiger partial charge < -0.3 is 9.53 Å². The molecule has 0 aliphatic carbocycles. The van der Waals surface area contributed by atoms with Crippen molar-refractivity contribution >= 4 is 29.0 Å². The topological polar surface area (TPSA) is 38.7 Å². The molecule has 3 nitrogen and oxygen atoms in total. The molecule has 0 aliphatic heterocycles. The molecule has 0 aromatic heterocycles. The number of nitrogens with zero attached hydrogens (tertiary/aromatic N) is 1. The zero-order valence-corrected chi connectivity index (χ0v) is 21.9. The molecule has 0 amide bonds. The van der Waals surface area contributed by atoms with E-state index in [0.717, 1.165) is 34.4 Å². The van der Waals surface area contributed by atoms with Gasteiger partial charge in [0.2, 0.25) is 0 Å². The molecule has 0 saturated carbocycles. The molecular weight excluding hydrogens is 543 g/mol. The van der Waals surface area contributed by atoms with Crippen molar-refractivity contribution in [1.29, 1.82) is 0 Å². The van der Waals surface area contributed by atoms with Crippen LogP contribution in [0.1, 0.15) is 32.6 Å². The molecule has 155 valence electrons. The summed E-state index contributed by atoms with van der Waals surface area (Å²) in [5.41, 5.74) is 5.68. The molecule has 0 saturated heterocycles. The SMILES string of the molecule is Cc1cc(C)c(-c2c[c-]c(C(=O)Oc3cc(F)c(N=C=S)c(F)c3)c(C)c2)c(C)c1.[La]. The molecule has 31 heavy (non-hydrogen) atoms. The van der Waals surface area contributed by atoms with Crippen LogP contribution in [0.15, 0.2) is 41.4 Å². The van der Waals surface area contributed by atoms with E-state index in [1.165, 1.54) is 5.56 Å². The third-order valence-corrected chi connectivity index (χ3v) is 4.76. The Kier molecular flexibility index (Phi) is 8.58. The van der Waals surface area contributed by atoms with Crippen LogP contribution in [0.4, 0.5) is 14.5 Å². The van der Waals surface area contributed by atoms with Gasteiger partial charge in [-0.3, -0.25) is 0 Å². The summed E-state index contributed by atoms with van der Waals surface area (Å²) in [4.78, 5) is 15.9. The molecule has 0 spiro atoms. The number of halogens is 2. The van der Waals surface area contributed by atoms with Crippen LogP contribution in [0, 0.1) is 81.0 Å². The van der Waals surface area contributed by atoms with E-state index in [1.807, 2.05) is 32.0 Å². The first-order valence-electron chi connectivity index (χ1n) is 9.11. The fourth-order valence-corrected chi connectivity index (χ4v) is 3.61. The summed E-state index contributed by atoms with van der Waals surface area (Å²) < 4.78 is 33.1. The maximum atomic E-state index is 14.0. The Morgan fingerprint density at radius 2 is 1.58 bits per heavy atom. The van der Waals surface area contributed by atoms with Crippen molar-refractivity contribution in [3.63, 3.8) is 0 Å². The monoisotopic (exact) mass is 561 g/mol. The molecule has 0 bridgehead atoms. The maximum absolute atomic E-state index is 14.0. The predicted octanol–water partition coefficient (Wildman–Crippen LogP) is 6.62. The minimum atomic E-state index is -1.00. The van der Waals surface area contributed by atoms with Crippen molar-refractivity contribution < 1.29 is 53.9 Å². The molecule has 3 rings (SSSR count). The van der Waals surface area contributed by atoms with E-state index in [2.05, 4.69) is 35.4 Å². The summed E-state index contributed by atoms with van der Waals surface area (Å²) in [5, 5.41) is 1.90. The Morgan fingerprint density at radius 1 is 1.00 bits per heavy atom. The number of ether oxygens (including phenoxy) is 1. The number of hydrogen-bond acceptors (Lipinski definition) is 4. The van der Waals surface area contributed by atoms with E-state index in [-0.39, 0.29) is 46.9 Å². The average Bonchev–Trinajstić information content (AvgIpc) is 2.64. The largest absolute Gasteiger partial charge is 0.467 e. The number of aryl methyl sites for hydroxylation is 4. The van der Waals surface area contributed by atoms with Gasteiger partial charge in [-0.15, -0.1) is 23.8 Å². The Labute approximate surface area is 213 Å². The molecule has 1 radical (unpaired) electrons. The third kappa shape index (κ3) is 5.62. The maximum Gasteiger partial charge on any atom is 0.255 e. The van der Waals surface area contributed by atoms with E-state index in [9.17, 15) is 13.6 Å². The van der Waals surface area contributed by atoms with Gasteiger partial charge in [0.1, 0.15) is 11.4 Å². The first kappa shape index (κ1) is 25.2. The molecule has 3 aromatic rings. The van der Waals surface area contributed by atoms with Crippen molar-refractivity contribution in [1.82, 2.24) is 0 Å². The van der Waals surface area contributed by atoms with Crippen LogP contribution >= 0.6 is 12.2 Å². The summed E-state index contributed by atoms with van der Waals surface area (Å²) >= 11 is 4.36. The van der Waals surface area contributed by atoms with Crippen LogP contribution in [0.5, 0.6) is 5.75 Å². The van der Waals surface area contributed by atoms with Crippen molar-refractivity contribution in [2.45, 2.75) is 27.7 Å². The summed E-state index contributed by atoms with van der Waals surface area (Å²) in [5.74, 6) is -3.05. The summed E-state index contributed by atoms with van der Waals surface area (Å²) in [7, 11) is 0. The van der Waals surface area contributed by atoms with Gasteiger partial charge in [0.25, 0.3) is 5.97 Å². The molecule has 7 heteroatoms. The van der Waals surface area contributed by atoms with Crippen LogP contribution in [0.25, 0.3) is 11.1 Å². The zero-order chi connectivity index (χ0) is 22.0. The van der Waals surface area contributed by atoms with Crippen LogP contribution in [0.2, 0.25) is 0 Å². The first-order chi connectivity index (χ1) is 14.2. The van der Waals surface area contributed by atoms with E-state index in [0.29, 0.717) is 5.56 Å². The molecular formula is C24H18F2LaNO2S-. The molecule has 0 aliphatic rings. The number of aliphatic imine (C=N–C) groups is 1. The molecule has 0 fully saturated rings. The van der Waals surface area contributed by atoms with E-state index in [4.69, 9.17) is 4.74 Å². The molecule has 3 aromatic carbocycles. The van der Waals surface area contributed by atoms with Crippen molar-refractivity contribution in [3.05, 3.63) is 81.9 Å². The molecule has 0 atom stereocenters. The average molecular weight is 561 g/mol. The number of carbonyl (C=O) groups excluding carboxylic acids is 1. The number of isothiocyanates is 1. The Hall–Kier alpha value is -2.02. The number of rotatable bonds is 4. The third-order valence-electron chi connectivity index (χ3n) is 4.67. The van der Waals surface area contributed by atoms with Crippen molar-refractivity contribution in [3.8, 4) is 16.9 Å². The molecule has 0 unspecified atom stereocenters. The van der Waals surface area contributed by atoms with Gasteiger partial charge in [-0.05, 0) is 33.0 Å². The van der Waals surface area contributed by atoms with Gasteiger partial charge in [0.05, 0.1) is 5.16 Å². The van der Waals surface area contributed by atoms with Crippen LogP contribution in [0.3, 0.4) is 0 Å². The molecule has 0 heterocycles. The first-order valence-corrected chi connectivity index (χ1v) is 9.51. The number of esters is 1. The zero-order valence-electron chi connectivity index (χ0n) is 17.5. The van der Waals surface area contributed by atoms with E-state index >= 15 is 0 Å². The van der Waals surface area contributed by atoms with Gasteiger partial charge in [-0.25, -0.2) is 8.78 Å². The number of hydrogen-bond donors (Lipinski definition) is 0. The van der Waals surface area contributed by atoms with Crippen LogP contribution in [-0.2, 0) is 0 Å². The summed E-state index contributed by atoms with van der Waals surface area (Å²) in [6.45, 7) is 7.87. The number of thiocarbonyl (C=S) groups is 1. The smallest absolute Gasteiger partial charge is 0.255 e. The normalized spacial score (nSPS) is 10.1. The second kappa shape index (κ2) is 10.5. The van der Waals surface area contributed by atoms with Gasteiger partial charge in [0, 0.05) is 47.7 Å². The van der Waals surface area contributed by atoms with Crippen LogP contribution < -0.4 is 4.74 Å². The minimum absolute atomic E-state index is 0. The summed E-state index contributed by atoms with van der Waals surface area (Å²) in [6.07, 6.45) is 0. The fourth-order valence-electron chi connectivity index (χ4n) is 3.52. The van der Waals surface area contributed by atoms with Crippen LogP contribution in [-0.4, -0.2) is 11.1 Å². The predicted molar refractivity (Wildman–Crippen MR) is 116 cm³/mol. The quantitative estimate of drug-likeness (QED) is 0.118. The van der Waals surface area contributed by atoms with Gasteiger partial charge in [0.15, 0.2) is 11.6 Å². The number of benzene rings is 3. The van der Waals surface area contributed by atoms with E-state index in [1.54, 1.807) is 13.0 Å². The number of carbonyl (C=O) groups is 1. The standard InChI is InChI=1S/C24H18F2NO2S.La/c1-13-7-15(3)22(16(4)8-13)17-5-6-19(14(2)9-17)24(28)29-18-10-20(25)23(27-12-30)21(26)11-18;/h5,7-11H,1-4H3;/q-1;. The van der Waals surface area contributed by atoms with E-state index < -0.39 is 23.3 Å². The van der Waals surface area contributed by atoms with Crippen molar-refractivity contribution in [2.24, 2.45) is 4.99 Å². The van der Waals surface area contributed by atoms with Gasteiger partial charge >= 0.3 is 0 Å². The Bertz CT molecular complexity index is 1170. The summed E-state index contributed by atoms with van der Waals surface area (Å²) in [6, 6.07) is 12.5. The molecule has 0 N–H and O–H groups in total. The van der Waals surface area contributed by atoms with Gasteiger partial charge in [-0.1, -0.05) is 52.4 Å². The fraction of sp³-hybridized carbons (Fsp3) is 0.167. The van der Waals surface area contributed by atoms with Crippen molar-refractivity contribution in [2.75, 3.05) is 0 Å². The minimum Gasteiger partial charge on any atom is -0.467 e.